The van der Waals surface area contributed by atoms with E-state index in [2.05, 4.69) is 20.2 Å². The number of anilines is 1. The first-order chi connectivity index (χ1) is 8.15. The van der Waals surface area contributed by atoms with Crippen LogP contribution in [0.1, 0.15) is 18.9 Å². The van der Waals surface area contributed by atoms with Gasteiger partial charge >= 0.3 is 104 Å². The van der Waals surface area contributed by atoms with Gasteiger partial charge in [-0.25, -0.2) is 0 Å². The van der Waals surface area contributed by atoms with Crippen LogP contribution in [0.4, 0.5) is 11.4 Å². The van der Waals surface area contributed by atoms with Gasteiger partial charge in [0.05, 0.1) is 0 Å². The fourth-order valence-electron chi connectivity index (χ4n) is 1.69. The van der Waals surface area contributed by atoms with E-state index in [1.165, 1.54) is 0 Å². The van der Waals surface area contributed by atoms with Crippen molar-refractivity contribution in [3.05, 3.63) is 21.7 Å². The molecule has 0 aliphatic carbocycles. The van der Waals surface area contributed by atoms with Gasteiger partial charge in [0, 0.05) is 0 Å². The van der Waals surface area contributed by atoms with Crippen LogP contribution in [0.15, 0.2) is 6.07 Å². The zero-order chi connectivity index (χ0) is 12.4. The van der Waals surface area contributed by atoms with Gasteiger partial charge in [0.25, 0.3) is 0 Å². The normalized spacial score (nSPS) is 10.7. The molecule has 0 saturated heterocycles. The predicted octanol–water partition coefficient (Wildman–Crippen LogP) is 1.73. The van der Waals surface area contributed by atoms with Crippen molar-refractivity contribution in [3.8, 4) is 0 Å². The number of hydrogen-bond donors (Lipinski definition) is 1. The van der Waals surface area contributed by atoms with Crippen molar-refractivity contribution in [3.63, 3.8) is 0 Å². The van der Waals surface area contributed by atoms with Crippen molar-refractivity contribution in [2.45, 2.75) is 20.3 Å². The second-order valence-corrected chi connectivity index (χ2v) is 4.84. The van der Waals surface area contributed by atoms with E-state index in [4.69, 9.17) is 0 Å². The van der Waals surface area contributed by atoms with Crippen molar-refractivity contribution in [1.29, 1.82) is 0 Å². The van der Waals surface area contributed by atoms with E-state index in [0.717, 1.165) is 18.7 Å². The van der Waals surface area contributed by atoms with E-state index in [0.29, 0.717) is 16.6 Å². The van der Waals surface area contributed by atoms with Crippen LogP contribution in [0, 0.1) is 17.0 Å². The van der Waals surface area contributed by atoms with Crippen LogP contribution in [0.2, 0.25) is 0 Å². The van der Waals surface area contributed by atoms with Gasteiger partial charge in [-0.05, 0) is 0 Å². The summed E-state index contributed by atoms with van der Waals surface area (Å²) in [6, 6.07) is 1.78. The maximum absolute atomic E-state index is 11.0. The standard InChI is InChI=1S/C10H12N4O2Se/c1-3-4-11-7-5-6(2)10(14(15)16)9-8(7)12-17-13-9/h5,11H,3-4H2,1-2H3. The average Bonchev–Trinajstić information content (AvgIpc) is 2.73. The molecule has 6 nitrogen and oxygen atoms in total. The summed E-state index contributed by atoms with van der Waals surface area (Å²) in [7, 11) is 0. The van der Waals surface area contributed by atoms with Crippen LogP contribution in [-0.4, -0.2) is 34.4 Å². The van der Waals surface area contributed by atoms with Crippen LogP contribution in [0.3, 0.4) is 0 Å². The van der Waals surface area contributed by atoms with Gasteiger partial charge in [-0.15, -0.1) is 0 Å². The molecule has 0 spiro atoms. The summed E-state index contributed by atoms with van der Waals surface area (Å²) in [5.41, 5.74) is 2.66. The average molecular weight is 299 g/mol. The molecule has 17 heavy (non-hydrogen) atoms. The molecule has 2 rings (SSSR count). The van der Waals surface area contributed by atoms with Crippen molar-refractivity contribution in [2.75, 3.05) is 11.9 Å². The first-order valence-corrected chi connectivity index (χ1v) is 6.82. The molecule has 0 aliphatic rings. The molecule has 0 aliphatic heterocycles. The van der Waals surface area contributed by atoms with E-state index >= 15 is 0 Å². The van der Waals surface area contributed by atoms with Gasteiger partial charge in [0.2, 0.25) is 0 Å². The number of rotatable bonds is 4. The number of nitro groups is 1. The second kappa shape index (κ2) is 4.81. The van der Waals surface area contributed by atoms with Crippen molar-refractivity contribution in [2.24, 2.45) is 0 Å². The molecule has 0 radical (unpaired) electrons. The number of aryl methyl sites for hydroxylation is 1. The van der Waals surface area contributed by atoms with E-state index in [-0.39, 0.29) is 25.6 Å². The van der Waals surface area contributed by atoms with E-state index in [1.54, 1.807) is 13.0 Å². The van der Waals surface area contributed by atoms with Gasteiger partial charge in [-0.2, -0.15) is 0 Å². The molecule has 1 aromatic carbocycles. The topological polar surface area (TPSA) is 81.0 Å². The Balaban J connectivity index is 2.61. The monoisotopic (exact) mass is 300 g/mol. The number of benzene rings is 1. The molecule has 0 fully saturated rings. The summed E-state index contributed by atoms with van der Waals surface area (Å²) in [4.78, 5) is 10.6. The van der Waals surface area contributed by atoms with Crippen LogP contribution in [-0.2, 0) is 0 Å². The summed E-state index contributed by atoms with van der Waals surface area (Å²) in [5, 5.41) is 14.2. The van der Waals surface area contributed by atoms with Gasteiger partial charge in [-0.1, -0.05) is 0 Å². The number of nitrogens with one attached hydrogen (secondary N) is 1. The number of aromatic nitrogens is 2. The maximum atomic E-state index is 11.0. The zero-order valence-corrected chi connectivity index (χ0v) is 11.3. The van der Waals surface area contributed by atoms with Gasteiger partial charge in [0.15, 0.2) is 0 Å². The molecule has 0 unspecified atom stereocenters. The van der Waals surface area contributed by atoms with Crippen LogP contribution >= 0.6 is 0 Å². The molecular formula is C10H12N4O2Se. The summed E-state index contributed by atoms with van der Waals surface area (Å²) in [5.74, 6) is 0. The number of nitrogens with zero attached hydrogens (tertiary/aromatic N) is 3. The Morgan fingerprint density at radius 2 is 2.18 bits per heavy atom. The third-order valence-corrected chi connectivity index (χ3v) is 3.56. The van der Waals surface area contributed by atoms with Crippen molar-refractivity contribution in [1.82, 2.24) is 7.96 Å². The van der Waals surface area contributed by atoms with Gasteiger partial charge < -0.3 is 0 Å². The van der Waals surface area contributed by atoms with Crippen LogP contribution < -0.4 is 5.32 Å². The number of nitro benzene ring substituents is 1. The summed E-state index contributed by atoms with van der Waals surface area (Å²) in [6.07, 6.45) is 0.993. The Morgan fingerprint density at radius 1 is 1.47 bits per heavy atom. The minimum atomic E-state index is -0.377. The molecule has 90 valence electrons. The van der Waals surface area contributed by atoms with E-state index in [9.17, 15) is 10.1 Å². The van der Waals surface area contributed by atoms with Crippen LogP contribution in [0.5, 0.6) is 0 Å². The number of hydrogen-bond acceptors (Lipinski definition) is 5. The van der Waals surface area contributed by atoms with E-state index < -0.39 is 0 Å². The molecule has 0 amide bonds. The summed E-state index contributed by atoms with van der Waals surface area (Å²) >= 11 is -0.260. The Kier molecular flexibility index (Phi) is 3.40. The molecule has 2 aromatic rings. The molecule has 1 heterocycles. The SMILES string of the molecule is CCCNc1cc(C)c([N+](=O)[O-])c2n[se]nc12. The van der Waals surface area contributed by atoms with E-state index in [1.807, 2.05) is 0 Å². The quantitative estimate of drug-likeness (QED) is 0.528. The Labute approximate surface area is 104 Å². The molecular weight excluding hydrogens is 287 g/mol. The second-order valence-electron chi connectivity index (χ2n) is 3.73. The molecule has 1 aromatic heterocycles. The zero-order valence-electron chi connectivity index (χ0n) is 9.56. The first-order valence-electron chi connectivity index (χ1n) is 5.29. The molecule has 0 bridgehead atoms. The number of fused-ring (bicyclic) bond motifs is 1. The van der Waals surface area contributed by atoms with Crippen molar-refractivity contribution < 1.29 is 4.92 Å². The van der Waals surface area contributed by atoms with Crippen molar-refractivity contribution >= 4 is 37.4 Å². The molecule has 0 atom stereocenters. The minimum absolute atomic E-state index is 0.0881. The third kappa shape index (κ3) is 2.16. The molecule has 1 N–H and O–H groups in total. The predicted molar refractivity (Wildman–Crippen MR) is 66.7 cm³/mol. The van der Waals surface area contributed by atoms with Crippen LogP contribution in [0.25, 0.3) is 11.0 Å². The first kappa shape index (κ1) is 12.0. The van der Waals surface area contributed by atoms with Gasteiger partial charge in [0.1, 0.15) is 0 Å². The Hall–Kier alpha value is -1.46. The van der Waals surface area contributed by atoms with Gasteiger partial charge in [-0.3, -0.25) is 0 Å². The molecule has 0 saturated carbocycles. The fraction of sp³-hybridized carbons (Fsp3) is 0.400. The fourth-order valence-corrected chi connectivity index (χ4v) is 2.86. The third-order valence-electron chi connectivity index (χ3n) is 2.45. The molecule has 7 heteroatoms. The Bertz CT molecular complexity index is 567. The Morgan fingerprint density at radius 3 is 2.82 bits per heavy atom. The summed E-state index contributed by atoms with van der Waals surface area (Å²) in [6.45, 7) is 4.62. The summed E-state index contributed by atoms with van der Waals surface area (Å²) < 4.78 is 8.43.